The van der Waals surface area contributed by atoms with Crippen LogP contribution in [0.4, 0.5) is 11.4 Å². The highest BCUT2D eigenvalue weighted by Gasteiger charge is 2.25. The van der Waals surface area contributed by atoms with Crippen molar-refractivity contribution in [3.05, 3.63) is 88.4 Å². The average Bonchev–Trinajstić information content (AvgIpc) is 2.73. The lowest BCUT2D eigenvalue weighted by Gasteiger charge is -2.24. The minimum atomic E-state index is -3.80. The molecule has 3 aromatic rings. The second-order valence-corrected chi connectivity index (χ2v) is 9.70. The van der Waals surface area contributed by atoms with Crippen molar-refractivity contribution in [2.75, 3.05) is 16.2 Å². The summed E-state index contributed by atoms with van der Waals surface area (Å²) in [6, 6.07) is 21.0. The highest BCUT2D eigenvalue weighted by Crippen LogP contribution is 2.25. The normalized spacial score (nSPS) is 11.2. The molecule has 0 saturated heterocycles. The van der Waals surface area contributed by atoms with Crippen LogP contribution in [0.3, 0.4) is 0 Å². The van der Waals surface area contributed by atoms with Crippen molar-refractivity contribution in [1.29, 1.82) is 0 Å². The Hall–Kier alpha value is -2.64. The van der Waals surface area contributed by atoms with E-state index in [4.69, 9.17) is 0 Å². The maximum Gasteiger partial charge on any atom is 0.264 e. The number of benzene rings is 3. The molecule has 0 aliphatic rings. The smallest absolute Gasteiger partial charge is 0.264 e. The molecule has 0 aliphatic carbocycles. The number of anilines is 2. The first-order valence-electron chi connectivity index (χ1n) is 9.48. The number of hydrogen-bond acceptors (Lipinski definition) is 3. The van der Waals surface area contributed by atoms with Gasteiger partial charge >= 0.3 is 0 Å². The predicted octanol–water partition coefficient (Wildman–Crippen LogP) is 5.29. The lowest BCUT2D eigenvalue weighted by Crippen LogP contribution is -2.34. The Morgan fingerprint density at radius 1 is 0.967 bits per heavy atom. The van der Waals surface area contributed by atoms with Crippen LogP contribution in [-0.4, -0.2) is 20.9 Å². The number of nitrogens with zero attached hydrogens (tertiary/aromatic N) is 1. The van der Waals surface area contributed by atoms with Crippen molar-refractivity contribution in [1.82, 2.24) is 0 Å². The Labute approximate surface area is 185 Å². The van der Waals surface area contributed by atoms with Crippen LogP contribution in [0.2, 0.25) is 0 Å². The largest absolute Gasteiger partial charge is 0.326 e. The second-order valence-electron chi connectivity index (χ2n) is 6.99. The predicted molar refractivity (Wildman–Crippen MR) is 124 cm³/mol. The Morgan fingerprint density at radius 2 is 1.63 bits per heavy atom. The zero-order valence-electron chi connectivity index (χ0n) is 16.8. The maximum absolute atomic E-state index is 13.3. The molecule has 156 valence electrons. The standard InChI is InChI=1S/C23H23BrN2O3S/c1-17-8-11-20(12-9-17)26(30(28,29)21-6-4-3-5-7-21)15-14-23(27)25-19-10-13-22(24)18(2)16-19/h3-13,16H,14-15H2,1-2H3,(H,25,27). The van der Waals surface area contributed by atoms with E-state index in [1.165, 1.54) is 4.31 Å². The van der Waals surface area contributed by atoms with E-state index >= 15 is 0 Å². The number of aryl methyl sites for hydroxylation is 2. The molecule has 0 atom stereocenters. The van der Waals surface area contributed by atoms with Crippen molar-refractivity contribution in [2.45, 2.75) is 25.2 Å². The first kappa shape index (κ1) is 22.1. The lowest BCUT2D eigenvalue weighted by molar-refractivity contribution is -0.116. The summed E-state index contributed by atoms with van der Waals surface area (Å²) in [5, 5.41) is 2.84. The lowest BCUT2D eigenvalue weighted by atomic mass is 10.2. The number of halogens is 1. The van der Waals surface area contributed by atoms with Crippen molar-refractivity contribution in [3.8, 4) is 0 Å². The third-order valence-corrected chi connectivity index (χ3v) is 7.37. The van der Waals surface area contributed by atoms with Crippen LogP contribution in [0, 0.1) is 13.8 Å². The summed E-state index contributed by atoms with van der Waals surface area (Å²) in [6.07, 6.45) is 0.0229. The molecule has 3 aromatic carbocycles. The van der Waals surface area contributed by atoms with Crippen molar-refractivity contribution in [3.63, 3.8) is 0 Å². The molecule has 0 aromatic heterocycles. The summed E-state index contributed by atoms with van der Waals surface area (Å²) in [6.45, 7) is 3.90. The van der Waals surface area contributed by atoms with Gasteiger partial charge in [0.05, 0.1) is 10.6 Å². The van der Waals surface area contributed by atoms with Gasteiger partial charge in [0.1, 0.15) is 0 Å². The van der Waals surface area contributed by atoms with Gasteiger partial charge in [0.25, 0.3) is 10.0 Å². The SMILES string of the molecule is Cc1ccc(N(CCC(=O)Nc2ccc(Br)c(C)c2)S(=O)(=O)c2ccccc2)cc1. The fraction of sp³-hybridized carbons (Fsp3) is 0.174. The topological polar surface area (TPSA) is 66.5 Å². The van der Waals surface area contributed by atoms with Gasteiger partial charge in [0, 0.05) is 23.1 Å². The van der Waals surface area contributed by atoms with Gasteiger partial charge < -0.3 is 5.32 Å². The molecule has 0 aliphatic heterocycles. The van der Waals surface area contributed by atoms with Gasteiger partial charge in [-0.15, -0.1) is 0 Å². The number of sulfonamides is 1. The molecule has 0 bridgehead atoms. The molecule has 3 rings (SSSR count). The molecule has 1 N–H and O–H groups in total. The summed E-state index contributed by atoms with van der Waals surface area (Å²) in [7, 11) is -3.80. The third-order valence-electron chi connectivity index (χ3n) is 4.64. The minimum Gasteiger partial charge on any atom is -0.326 e. The molecular formula is C23H23BrN2O3S. The van der Waals surface area contributed by atoms with Crippen molar-refractivity contribution in [2.24, 2.45) is 0 Å². The molecule has 0 fully saturated rings. The number of carbonyl (C=O) groups excluding carboxylic acids is 1. The molecular weight excluding hydrogens is 464 g/mol. The molecule has 5 nitrogen and oxygen atoms in total. The number of rotatable bonds is 7. The zero-order chi connectivity index (χ0) is 21.7. The van der Waals surface area contributed by atoms with Crippen LogP contribution in [0.25, 0.3) is 0 Å². The van der Waals surface area contributed by atoms with Crippen LogP contribution >= 0.6 is 15.9 Å². The average molecular weight is 487 g/mol. The van der Waals surface area contributed by atoms with Crippen LogP contribution in [0.1, 0.15) is 17.5 Å². The molecule has 0 saturated carbocycles. The highest BCUT2D eigenvalue weighted by molar-refractivity contribution is 9.10. The van der Waals surface area contributed by atoms with Gasteiger partial charge in [-0.25, -0.2) is 8.42 Å². The minimum absolute atomic E-state index is 0.0229. The van der Waals surface area contributed by atoms with E-state index in [2.05, 4.69) is 21.2 Å². The van der Waals surface area contributed by atoms with E-state index in [0.29, 0.717) is 11.4 Å². The van der Waals surface area contributed by atoms with E-state index < -0.39 is 10.0 Å². The van der Waals surface area contributed by atoms with Gasteiger partial charge in [-0.1, -0.05) is 51.8 Å². The second kappa shape index (κ2) is 9.45. The molecule has 1 amide bonds. The van der Waals surface area contributed by atoms with Crippen molar-refractivity contribution >= 4 is 43.2 Å². The summed E-state index contributed by atoms with van der Waals surface area (Å²) in [5.41, 5.74) is 3.23. The molecule has 0 unspecified atom stereocenters. The van der Waals surface area contributed by atoms with E-state index in [1.54, 1.807) is 48.5 Å². The van der Waals surface area contributed by atoms with Crippen LogP contribution in [0.15, 0.2) is 82.2 Å². The third kappa shape index (κ3) is 5.29. The molecule has 0 spiro atoms. The molecule has 0 radical (unpaired) electrons. The van der Waals surface area contributed by atoms with Crippen LogP contribution in [0.5, 0.6) is 0 Å². The van der Waals surface area contributed by atoms with Gasteiger partial charge in [-0.2, -0.15) is 0 Å². The quantitative estimate of drug-likeness (QED) is 0.493. The van der Waals surface area contributed by atoms with Gasteiger partial charge in [-0.3, -0.25) is 9.10 Å². The summed E-state index contributed by atoms with van der Waals surface area (Å²) in [4.78, 5) is 12.7. The Morgan fingerprint density at radius 3 is 2.27 bits per heavy atom. The number of amides is 1. The summed E-state index contributed by atoms with van der Waals surface area (Å²) in [5.74, 6) is -0.253. The van der Waals surface area contributed by atoms with Crippen LogP contribution in [-0.2, 0) is 14.8 Å². The highest BCUT2D eigenvalue weighted by atomic mass is 79.9. The molecule has 7 heteroatoms. The van der Waals surface area contributed by atoms with Gasteiger partial charge in [0.2, 0.25) is 5.91 Å². The fourth-order valence-corrected chi connectivity index (χ4v) is 4.70. The van der Waals surface area contributed by atoms with E-state index in [1.807, 2.05) is 38.1 Å². The van der Waals surface area contributed by atoms with E-state index in [0.717, 1.165) is 15.6 Å². The van der Waals surface area contributed by atoms with Gasteiger partial charge in [-0.05, 0) is 61.9 Å². The Balaban J connectivity index is 1.81. The monoisotopic (exact) mass is 486 g/mol. The summed E-state index contributed by atoms with van der Waals surface area (Å²) >= 11 is 3.43. The van der Waals surface area contributed by atoms with E-state index in [-0.39, 0.29) is 23.8 Å². The summed E-state index contributed by atoms with van der Waals surface area (Å²) < 4.78 is 28.8. The number of carbonyl (C=O) groups is 1. The number of nitrogens with one attached hydrogen (secondary N) is 1. The first-order valence-corrected chi connectivity index (χ1v) is 11.7. The fourth-order valence-electron chi connectivity index (χ4n) is 2.97. The molecule has 0 heterocycles. The first-order chi connectivity index (χ1) is 14.3. The maximum atomic E-state index is 13.3. The number of hydrogen-bond donors (Lipinski definition) is 1. The zero-order valence-corrected chi connectivity index (χ0v) is 19.2. The Kier molecular flexibility index (Phi) is 6.95. The van der Waals surface area contributed by atoms with Crippen LogP contribution < -0.4 is 9.62 Å². The van der Waals surface area contributed by atoms with E-state index in [9.17, 15) is 13.2 Å². The van der Waals surface area contributed by atoms with Crippen molar-refractivity contribution < 1.29 is 13.2 Å². The molecule has 30 heavy (non-hydrogen) atoms. The Bertz CT molecular complexity index is 1130. The van der Waals surface area contributed by atoms with Gasteiger partial charge in [0.15, 0.2) is 0 Å².